The Kier molecular flexibility index (Phi) is 7.35. The van der Waals surface area contributed by atoms with Crippen LogP contribution in [0.5, 0.6) is 0 Å². The van der Waals surface area contributed by atoms with Crippen LogP contribution in [0.4, 0.5) is 4.79 Å². The SMILES string of the molecule is CC1(C)CC(N=C=O)CC(C)(CNC(=O)NCC(C)(CO)CC(=O)O)C1. The van der Waals surface area contributed by atoms with Crippen molar-refractivity contribution in [2.75, 3.05) is 19.7 Å². The number of nitrogens with zero attached hydrogens (tertiary/aromatic N) is 1. The second kappa shape index (κ2) is 8.64. The van der Waals surface area contributed by atoms with Gasteiger partial charge < -0.3 is 20.8 Å². The second-order valence-electron chi connectivity index (χ2n) is 9.01. The quantitative estimate of drug-likeness (QED) is 0.382. The smallest absolute Gasteiger partial charge is 0.314 e. The molecule has 0 aliphatic heterocycles. The Labute approximate surface area is 154 Å². The molecule has 0 aromatic carbocycles. The number of carbonyl (C=O) groups is 2. The van der Waals surface area contributed by atoms with Crippen molar-refractivity contribution in [3.8, 4) is 0 Å². The molecular weight excluding hydrogens is 338 g/mol. The van der Waals surface area contributed by atoms with Gasteiger partial charge in [0.1, 0.15) is 0 Å². The Hall–Kier alpha value is -1.92. The van der Waals surface area contributed by atoms with Gasteiger partial charge in [-0.15, -0.1) is 0 Å². The Morgan fingerprint density at radius 1 is 1.27 bits per heavy atom. The molecule has 1 rings (SSSR count). The summed E-state index contributed by atoms with van der Waals surface area (Å²) in [6.07, 6.45) is 3.80. The van der Waals surface area contributed by atoms with Crippen LogP contribution in [0.3, 0.4) is 0 Å². The van der Waals surface area contributed by atoms with Crippen molar-refractivity contribution in [2.24, 2.45) is 21.2 Å². The molecule has 1 fully saturated rings. The van der Waals surface area contributed by atoms with Gasteiger partial charge in [0.05, 0.1) is 19.1 Å². The summed E-state index contributed by atoms with van der Waals surface area (Å²) in [5, 5.41) is 23.7. The third kappa shape index (κ3) is 7.14. The molecule has 1 aliphatic rings. The van der Waals surface area contributed by atoms with E-state index in [1.807, 2.05) is 0 Å². The molecule has 4 N–H and O–H groups in total. The number of rotatable bonds is 8. The molecule has 0 aromatic heterocycles. The largest absolute Gasteiger partial charge is 0.481 e. The molecule has 0 spiro atoms. The maximum Gasteiger partial charge on any atom is 0.314 e. The standard InChI is InChI=1S/C18H31N3O5/c1-16(2)5-13(21-12-23)6-17(3,8-16)9-19-15(26)20-10-18(4,11-22)7-14(24)25/h13,22H,5-11H2,1-4H3,(H,24,25)(H2,19,20,26). The van der Waals surface area contributed by atoms with Gasteiger partial charge in [0.2, 0.25) is 6.08 Å². The second-order valence-corrected chi connectivity index (χ2v) is 9.01. The number of aliphatic carboxylic acids is 1. The maximum absolute atomic E-state index is 12.1. The molecular formula is C18H31N3O5. The molecule has 148 valence electrons. The van der Waals surface area contributed by atoms with Crippen LogP contribution in [0.2, 0.25) is 0 Å². The Bertz CT molecular complexity index is 573. The first-order chi connectivity index (χ1) is 11.9. The Balaban J connectivity index is 2.59. The fraction of sp³-hybridized carbons (Fsp3) is 0.833. The van der Waals surface area contributed by atoms with E-state index in [9.17, 15) is 19.5 Å². The molecule has 0 aromatic rings. The van der Waals surface area contributed by atoms with Gasteiger partial charge in [-0.25, -0.2) is 14.6 Å². The number of carboxylic acids is 1. The van der Waals surface area contributed by atoms with Gasteiger partial charge >= 0.3 is 12.0 Å². The molecule has 0 saturated heterocycles. The summed E-state index contributed by atoms with van der Waals surface area (Å²) >= 11 is 0. The Morgan fingerprint density at radius 3 is 2.46 bits per heavy atom. The zero-order chi connectivity index (χ0) is 20.0. The monoisotopic (exact) mass is 369 g/mol. The highest BCUT2D eigenvalue weighted by Crippen LogP contribution is 2.46. The van der Waals surface area contributed by atoms with Crippen molar-refractivity contribution in [1.82, 2.24) is 10.6 Å². The first-order valence-corrected chi connectivity index (χ1v) is 8.84. The highest BCUT2D eigenvalue weighted by Gasteiger charge is 2.41. The highest BCUT2D eigenvalue weighted by molar-refractivity contribution is 5.74. The molecule has 2 amide bonds. The lowest BCUT2D eigenvalue weighted by Gasteiger charge is -2.45. The third-order valence-corrected chi connectivity index (χ3v) is 4.97. The number of carboxylic acid groups (broad SMARTS) is 1. The first kappa shape index (κ1) is 22.1. The lowest BCUT2D eigenvalue weighted by molar-refractivity contribution is -0.140. The molecule has 0 heterocycles. The fourth-order valence-corrected chi connectivity index (χ4v) is 4.07. The number of hydrogen-bond acceptors (Lipinski definition) is 5. The van der Waals surface area contributed by atoms with Gasteiger partial charge in [0.25, 0.3) is 0 Å². The van der Waals surface area contributed by atoms with Crippen molar-refractivity contribution in [3.05, 3.63) is 0 Å². The lowest BCUT2D eigenvalue weighted by atomic mass is 9.63. The van der Waals surface area contributed by atoms with E-state index in [0.29, 0.717) is 13.0 Å². The van der Waals surface area contributed by atoms with Crippen LogP contribution in [-0.2, 0) is 9.59 Å². The molecule has 8 heteroatoms. The number of amides is 2. The molecule has 1 aliphatic carbocycles. The summed E-state index contributed by atoms with van der Waals surface area (Å²) in [7, 11) is 0. The van der Waals surface area contributed by atoms with Crippen LogP contribution in [0.25, 0.3) is 0 Å². The van der Waals surface area contributed by atoms with Gasteiger partial charge in [-0.05, 0) is 30.1 Å². The van der Waals surface area contributed by atoms with Crippen LogP contribution in [0.1, 0.15) is 53.4 Å². The summed E-state index contributed by atoms with van der Waals surface area (Å²) < 4.78 is 0. The van der Waals surface area contributed by atoms with Gasteiger partial charge in [-0.2, -0.15) is 0 Å². The highest BCUT2D eigenvalue weighted by atomic mass is 16.4. The number of aliphatic hydroxyl groups excluding tert-OH is 1. The van der Waals surface area contributed by atoms with E-state index in [1.54, 1.807) is 13.0 Å². The van der Waals surface area contributed by atoms with E-state index in [-0.39, 0.29) is 36.4 Å². The average Bonchev–Trinajstić information content (AvgIpc) is 2.49. The van der Waals surface area contributed by atoms with Crippen LogP contribution in [0.15, 0.2) is 4.99 Å². The predicted octanol–water partition coefficient (Wildman–Crippen LogP) is 1.68. The van der Waals surface area contributed by atoms with Crippen LogP contribution in [-0.4, -0.2) is 54.0 Å². The van der Waals surface area contributed by atoms with Crippen molar-refractivity contribution >= 4 is 18.1 Å². The van der Waals surface area contributed by atoms with Crippen molar-refractivity contribution in [2.45, 2.75) is 59.4 Å². The normalized spacial score (nSPS) is 26.9. The minimum absolute atomic E-state index is 0.00706. The van der Waals surface area contributed by atoms with E-state index in [4.69, 9.17) is 5.11 Å². The van der Waals surface area contributed by atoms with Crippen LogP contribution >= 0.6 is 0 Å². The van der Waals surface area contributed by atoms with E-state index < -0.39 is 17.4 Å². The topological polar surface area (TPSA) is 128 Å². The number of hydrogen-bond donors (Lipinski definition) is 4. The molecule has 3 atom stereocenters. The molecule has 0 bridgehead atoms. The average molecular weight is 369 g/mol. The van der Waals surface area contributed by atoms with E-state index in [0.717, 1.165) is 12.8 Å². The maximum atomic E-state index is 12.1. The van der Waals surface area contributed by atoms with Crippen LogP contribution < -0.4 is 10.6 Å². The summed E-state index contributed by atoms with van der Waals surface area (Å²) in [5.41, 5.74) is -1.11. The molecule has 8 nitrogen and oxygen atoms in total. The van der Waals surface area contributed by atoms with Gasteiger partial charge in [0, 0.05) is 18.5 Å². The summed E-state index contributed by atoms with van der Waals surface area (Å²) in [4.78, 5) is 37.5. The van der Waals surface area contributed by atoms with Gasteiger partial charge in [-0.1, -0.05) is 27.7 Å². The summed E-state index contributed by atoms with van der Waals surface area (Å²) in [5.74, 6) is -1.03. The molecule has 26 heavy (non-hydrogen) atoms. The number of nitrogens with one attached hydrogen (secondary N) is 2. The van der Waals surface area contributed by atoms with Crippen molar-refractivity contribution < 1.29 is 24.6 Å². The summed E-state index contributed by atoms with van der Waals surface area (Å²) in [6.45, 7) is 8.05. The molecule has 3 unspecified atom stereocenters. The van der Waals surface area contributed by atoms with Gasteiger partial charge in [-0.3, -0.25) is 4.79 Å². The van der Waals surface area contributed by atoms with E-state index in [1.165, 1.54) is 0 Å². The lowest BCUT2D eigenvalue weighted by Crippen LogP contribution is -2.49. The van der Waals surface area contributed by atoms with Crippen LogP contribution in [0, 0.1) is 16.2 Å². The third-order valence-electron chi connectivity index (χ3n) is 4.97. The number of urea groups is 1. The number of aliphatic hydroxyl groups is 1. The fourth-order valence-electron chi connectivity index (χ4n) is 4.07. The molecule has 1 saturated carbocycles. The number of carbonyl (C=O) groups excluding carboxylic acids is 2. The summed E-state index contributed by atoms with van der Waals surface area (Å²) in [6, 6.07) is -0.505. The number of aliphatic imine (C=N–C) groups is 1. The van der Waals surface area contributed by atoms with Gasteiger partial charge in [0.15, 0.2) is 0 Å². The predicted molar refractivity (Wildman–Crippen MR) is 96.5 cm³/mol. The molecule has 0 radical (unpaired) electrons. The zero-order valence-electron chi connectivity index (χ0n) is 16.1. The van der Waals surface area contributed by atoms with E-state index >= 15 is 0 Å². The van der Waals surface area contributed by atoms with Crippen molar-refractivity contribution in [1.29, 1.82) is 0 Å². The van der Waals surface area contributed by atoms with Crippen molar-refractivity contribution in [3.63, 3.8) is 0 Å². The van der Waals surface area contributed by atoms with E-state index in [2.05, 4.69) is 36.4 Å². The minimum Gasteiger partial charge on any atom is -0.481 e. The first-order valence-electron chi connectivity index (χ1n) is 8.84. The zero-order valence-corrected chi connectivity index (χ0v) is 16.1. The Morgan fingerprint density at radius 2 is 1.92 bits per heavy atom. The number of isocyanates is 1. The minimum atomic E-state index is -1.03.